The first-order valence-corrected chi connectivity index (χ1v) is 7.00. The first-order chi connectivity index (χ1) is 9.20. The van der Waals surface area contributed by atoms with Crippen LogP contribution in [0.25, 0.3) is 5.76 Å². The molecule has 0 bridgehead atoms. The highest BCUT2D eigenvalue weighted by atomic mass is 79.9. The smallest absolute Gasteiger partial charge is 0.332 e. The van der Waals surface area contributed by atoms with E-state index in [0.717, 1.165) is 10.0 Å². The van der Waals surface area contributed by atoms with Crippen LogP contribution in [0.3, 0.4) is 0 Å². The number of esters is 1. The first-order valence-electron chi connectivity index (χ1n) is 6.21. The van der Waals surface area contributed by atoms with Gasteiger partial charge in [-0.15, -0.1) is 0 Å². The van der Waals surface area contributed by atoms with Crippen molar-refractivity contribution >= 4 is 27.7 Å². The third kappa shape index (κ3) is 3.89. The Balaban J connectivity index is 1.96. The molecule has 19 heavy (non-hydrogen) atoms. The summed E-state index contributed by atoms with van der Waals surface area (Å²) < 4.78 is 11.5. The molecule has 0 fully saturated rings. The maximum Gasteiger partial charge on any atom is 0.332 e. The van der Waals surface area contributed by atoms with Crippen molar-refractivity contribution in [2.75, 3.05) is 19.8 Å². The number of benzene rings is 1. The number of ether oxygens (including phenoxy) is 2. The Morgan fingerprint density at radius 3 is 2.79 bits per heavy atom. The van der Waals surface area contributed by atoms with Crippen molar-refractivity contribution in [1.82, 2.24) is 5.32 Å². The molecule has 0 aromatic heterocycles. The first kappa shape index (κ1) is 14.2. The largest absolute Gasteiger partial charge is 0.425 e. The van der Waals surface area contributed by atoms with Crippen molar-refractivity contribution in [2.24, 2.45) is 0 Å². The number of hydrogen-bond acceptors (Lipinski definition) is 4. The summed E-state index contributed by atoms with van der Waals surface area (Å²) in [7, 11) is 0. The van der Waals surface area contributed by atoms with Crippen LogP contribution in [0.2, 0.25) is 0 Å². The van der Waals surface area contributed by atoms with Gasteiger partial charge in [-0.1, -0.05) is 28.1 Å². The molecule has 1 N–H and O–H groups in total. The summed E-state index contributed by atoms with van der Waals surface area (Å²) in [4.78, 5) is 11.7. The Hall–Kier alpha value is -1.17. The van der Waals surface area contributed by atoms with Gasteiger partial charge in [0.1, 0.15) is 11.8 Å². The Morgan fingerprint density at radius 1 is 1.37 bits per heavy atom. The minimum atomic E-state index is -0.390. The number of carbonyl (C=O) groups excluding carboxylic acids is 1. The molecule has 0 aliphatic carbocycles. The van der Waals surface area contributed by atoms with E-state index in [0.29, 0.717) is 25.5 Å². The average Bonchev–Trinajstić information content (AvgIpc) is 2.77. The second-order valence-corrected chi connectivity index (χ2v) is 5.00. The van der Waals surface area contributed by atoms with Crippen LogP contribution < -0.4 is 5.32 Å². The standard InChI is InChI=1S/C14H16BrNO3/c1-2-18-8-7-16-12-9-13(19-14(12)17)10-3-5-11(15)6-4-10/h3-6,9,12,16H,2,7-8H2,1H3. The van der Waals surface area contributed by atoms with Crippen molar-refractivity contribution in [2.45, 2.75) is 13.0 Å². The van der Waals surface area contributed by atoms with E-state index in [1.807, 2.05) is 31.2 Å². The second-order valence-electron chi connectivity index (χ2n) is 4.09. The van der Waals surface area contributed by atoms with Gasteiger partial charge in [-0.2, -0.15) is 0 Å². The van der Waals surface area contributed by atoms with Gasteiger partial charge in [0.05, 0.1) is 6.61 Å². The molecule has 1 aromatic rings. The number of nitrogens with one attached hydrogen (secondary N) is 1. The molecule has 2 rings (SSSR count). The summed E-state index contributed by atoms with van der Waals surface area (Å²) in [5.41, 5.74) is 0.894. The monoisotopic (exact) mass is 325 g/mol. The Kier molecular flexibility index (Phi) is 5.13. The molecule has 1 atom stereocenters. The van der Waals surface area contributed by atoms with Crippen LogP contribution in [0.5, 0.6) is 0 Å². The fourth-order valence-electron chi connectivity index (χ4n) is 1.77. The van der Waals surface area contributed by atoms with E-state index in [-0.39, 0.29) is 12.0 Å². The van der Waals surface area contributed by atoms with Crippen LogP contribution in [0.1, 0.15) is 12.5 Å². The topological polar surface area (TPSA) is 47.6 Å². The van der Waals surface area contributed by atoms with E-state index in [9.17, 15) is 4.79 Å². The van der Waals surface area contributed by atoms with Crippen LogP contribution in [0.4, 0.5) is 0 Å². The van der Waals surface area contributed by atoms with Gasteiger partial charge in [0.25, 0.3) is 0 Å². The third-order valence-corrected chi connectivity index (χ3v) is 3.25. The van der Waals surface area contributed by atoms with Gasteiger partial charge in [-0.25, -0.2) is 4.79 Å². The van der Waals surface area contributed by atoms with E-state index in [2.05, 4.69) is 21.2 Å². The lowest BCUT2D eigenvalue weighted by Crippen LogP contribution is -2.35. The highest BCUT2D eigenvalue weighted by molar-refractivity contribution is 9.10. The van der Waals surface area contributed by atoms with Crippen molar-refractivity contribution in [3.8, 4) is 0 Å². The molecule has 5 heteroatoms. The molecule has 0 radical (unpaired) electrons. The van der Waals surface area contributed by atoms with Gasteiger partial charge in [0.2, 0.25) is 0 Å². The third-order valence-electron chi connectivity index (χ3n) is 2.73. The summed E-state index contributed by atoms with van der Waals surface area (Å²) in [6.45, 7) is 3.83. The van der Waals surface area contributed by atoms with E-state index in [1.54, 1.807) is 6.08 Å². The number of hydrogen-bond donors (Lipinski definition) is 1. The fourth-order valence-corrected chi connectivity index (χ4v) is 2.03. The molecule has 1 aromatic carbocycles. The molecule has 1 aliphatic heterocycles. The van der Waals surface area contributed by atoms with E-state index in [1.165, 1.54) is 0 Å². The van der Waals surface area contributed by atoms with E-state index in [4.69, 9.17) is 9.47 Å². The second kappa shape index (κ2) is 6.84. The van der Waals surface area contributed by atoms with Gasteiger partial charge in [-0.05, 0) is 25.1 Å². The summed E-state index contributed by atoms with van der Waals surface area (Å²) in [5.74, 6) is 0.334. The van der Waals surface area contributed by atoms with Gasteiger partial charge in [-0.3, -0.25) is 5.32 Å². The summed E-state index contributed by atoms with van der Waals surface area (Å²) in [6.07, 6.45) is 1.80. The molecule has 0 spiro atoms. The average molecular weight is 326 g/mol. The quantitative estimate of drug-likeness (QED) is 0.644. The zero-order valence-corrected chi connectivity index (χ0v) is 12.3. The van der Waals surface area contributed by atoms with Gasteiger partial charge >= 0.3 is 5.97 Å². The lowest BCUT2D eigenvalue weighted by Gasteiger charge is -2.07. The minimum absolute atomic E-state index is 0.269. The summed E-state index contributed by atoms with van der Waals surface area (Å²) in [5, 5.41) is 3.09. The maximum absolute atomic E-state index is 11.7. The lowest BCUT2D eigenvalue weighted by atomic mass is 10.1. The van der Waals surface area contributed by atoms with Gasteiger partial charge < -0.3 is 9.47 Å². The van der Waals surface area contributed by atoms with Crippen molar-refractivity contribution in [3.63, 3.8) is 0 Å². The normalized spacial score (nSPS) is 18.3. The van der Waals surface area contributed by atoms with E-state index >= 15 is 0 Å². The number of carbonyl (C=O) groups is 1. The predicted octanol–water partition coefficient (Wildman–Crippen LogP) is 2.34. The number of halogens is 1. The van der Waals surface area contributed by atoms with Gasteiger partial charge in [0, 0.05) is 23.2 Å². The molecule has 0 saturated carbocycles. The SMILES string of the molecule is CCOCCNC1C=C(c2ccc(Br)cc2)OC1=O. The zero-order chi connectivity index (χ0) is 13.7. The highest BCUT2D eigenvalue weighted by Crippen LogP contribution is 2.24. The van der Waals surface area contributed by atoms with Crippen LogP contribution in [-0.4, -0.2) is 31.8 Å². The fraction of sp³-hybridized carbons (Fsp3) is 0.357. The molecule has 1 aliphatic rings. The molecule has 0 amide bonds. The van der Waals surface area contributed by atoms with Crippen LogP contribution in [-0.2, 0) is 14.3 Å². The molecule has 1 unspecified atom stereocenters. The molecule has 1 heterocycles. The van der Waals surface area contributed by atoms with Crippen molar-refractivity contribution < 1.29 is 14.3 Å². The highest BCUT2D eigenvalue weighted by Gasteiger charge is 2.27. The van der Waals surface area contributed by atoms with Crippen LogP contribution in [0.15, 0.2) is 34.8 Å². The minimum Gasteiger partial charge on any atom is -0.425 e. The maximum atomic E-state index is 11.7. The predicted molar refractivity (Wildman–Crippen MR) is 76.5 cm³/mol. The van der Waals surface area contributed by atoms with Gasteiger partial charge in [0.15, 0.2) is 0 Å². The molecular weight excluding hydrogens is 310 g/mol. The zero-order valence-electron chi connectivity index (χ0n) is 10.7. The van der Waals surface area contributed by atoms with Crippen LogP contribution in [0, 0.1) is 0 Å². The number of rotatable bonds is 6. The molecule has 4 nitrogen and oxygen atoms in total. The Bertz CT molecular complexity index is 470. The van der Waals surface area contributed by atoms with Crippen molar-refractivity contribution in [1.29, 1.82) is 0 Å². The van der Waals surface area contributed by atoms with Crippen LogP contribution >= 0.6 is 15.9 Å². The lowest BCUT2D eigenvalue weighted by molar-refractivity contribution is -0.136. The summed E-state index contributed by atoms with van der Waals surface area (Å²) >= 11 is 3.37. The molecular formula is C14H16BrNO3. The van der Waals surface area contributed by atoms with E-state index < -0.39 is 0 Å². The van der Waals surface area contributed by atoms with Crippen molar-refractivity contribution in [3.05, 3.63) is 40.4 Å². The Morgan fingerprint density at radius 2 is 2.11 bits per heavy atom. The number of cyclic esters (lactones) is 1. The molecule has 102 valence electrons. The Labute approximate surface area is 120 Å². The molecule has 0 saturated heterocycles. The summed E-state index contributed by atoms with van der Waals surface area (Å²) in [6, 6.07) is 7.26.